The average molecular weight is 281 g/mol. The van der Waals surface area contributed by atoms with Crippen molar-refractivity contribution in [3.63, 3.8) is 0 Å². The van der Waals surface area contributed by atoms with Crippen LogP contribution in [0.5, 0.6) is 0 Å². The van der Waals surface area contributed by atoms with Gasteiger partial charge in [0.05, 0.1) is 18.4 Å². The lowest BCUT2D eigenvalue weighted by Crippen LogP contribution is -2.25. The lowest BCUT2D eigenvalue weighted by atomic mass is 10.1. The Hall–Kier alpha value is -1.65. The number of carbonyl (C=O) groups excluding carboxylic acids is 1. The highest BCUT2D eigenvalue weighted by atomic mass is 19.2. The van der Waals surface area contributed by atoms with E-state index >= 15 is 0 Å². The zero-order chi connectivity index (χ0) is 14.3. The van der Waals surface area contributed by atoms with Crippen molar-refractivity contribution in [2.75, 3.05) is 12.4 Å². The van der Waals surface area contributed by atoms with Gasteiger partial charge in [-0.1, -0.05) is 0 Å². The predicted octanol–water partition coefficient (Wildman–Crippen LogP) is 3.35. The van der Waals surface area contributed by atoms with Crippen molar-refractivity contribution in [1.29, 1.82) is 0 Å². The molecule has 0 saturated heterocycles. The number of nitrogens with one attached hydrogen (secondary N) is 1. The molecule has 3 rings (SSSR count). The maximum absolute atomic E-state index is 14.0. The minimum absolute atomic E-state index is 0.138. The molecular weight excluding hydrogens is 264 g/mol. The van der Waals surface area contributed by atoms with Crippen LogP contribution in [0.15, 0.2) is 12.1 Å². The van der Waals surface area contributed by atoms with E-state index in [1.165, 1.54) is 12.1 Å². The van der Waals surface area contributed by atoms with Crippen molar-refractivity contribution in [1.82, 2.24) is 0 Å². The number of ether oxygens (including phenoxy) is 1. The summed E-state index contributed by atoms with van der Waals surface area (Å²) < 4.78 is 32.3. The van der Waals surface area contributed by atoms with Gasteiger partial charge in [0.2, 0.25) is 0 Å². The Kier molecular flexibility index (Phi) is 3.36. The molecule has 0 radical (unpaired) electrons. The van der Waals surface area contributed by atoms with Crippen LogP contribution in [-0.4, -0.2) is 19.1 Å². The molecule has 2 aliphatic rings. The summed E-state index contributed by atoms with van der Waals surface area (Å²) in [5.41, 5.74) is -0.233. The van der Waals surface area contributed by atoms with Crippen molar-refractivity contribution < 1.29 is 18.3 Å². The molecule has 0 spiro atoms. The van der Waals surface area contributed by atoms with E-state index in [-0.39, 0.29) is 17.3 Å². The fourth-order valence-electron chi connectivity index (χ4n) is 2.64. The number of esters is 1. The molecule has 0 atom stereocenters. The van der Waals surface area contributed by atoms with Crippen LogP contribution in [0.4, 0.5) is 14.5 Å². The van der Waals surface area contributed by atoms with Crippen molar-refractivity contribution >= 4 is 11.7 Å². The Bertz CT molecular complexity index is 527. The molecule has 2 aliphatic carbocycles. The zero-order valence-corrected chi connectivity index (χ0v) is 11.3. The van der Waals surface area contributed by atoms with Gasteiger partial charge < -0.3 is 10.1 Å². The molecule has 0 amide bonds. The second kappa shape index (κ2) is 5.04. The largest absolute Gasteiger partial charge is 0.465 e. The summed E-state index contributed by atoms with van der Waals surface area (Å²) in [7, 11) is 1.14. The van der Waals surface area contributed by atoms with Gasteiger partial charge in [-0.15, -0.1) is 0 Å². The number of hydrogen-bond acceptors (Lipinski definition) is 3. The Morgan fingerprint density at radius 1 is 1.20 bits per heavy atom. The second-order valence-corrected chi connectivity index (χ2v) is 5.63. The van der Waals surface area contributed by atoms with Gasteiger partial charge in [0.1, 0.15) is 0 Å². The van der Waals surface area contributed by atoms with Crippen LogP contribution in [0.3, 0.4) is 0 Å². The van der Waals surface area contributed by atoms with Gasteiger partial charge in [-0.2, -0.15) is 0 Å². The minimum atomic E-state index is -1.15. The molecule has 5 heteroatoms. The zero-order valence-electron chi connectivity index (χ0n) is 11.3. The van der Waals surface area contributed by atoms with Crippen LogP contribution in [0.1, 0.15) is 36.0 Å². The Morgan fingerprint density at radius 3 is 2.30 bits per heavy atom. The van der Waals surface area contributed by atoms with E-state index in [2.05, 4.69) is 10.1 Å². The molecule has 2 saturated carbocycles. The second-order valence-electron chi connectivity index (χ2n) is 5.63. The molecule has 0 aromatic heterocycles. The van der Waals surface area contributed by atoms with Crippen molar-refractivity contribution in [2.24, 2.45) is 11.8 Å². The quantitative estimate of drug-likeness (QED) is 0.841. The first-order valence-corrected chi connectivity index (χ1v) is 6.94. The molecule has 0 unspecified atom stereocenters. The maximum atomic E-state index is 14.0. The molecule has 108 valence electrons. The first-order valence-electron chi connectivity index (χ1n) is 6.94. The number of methoxy groups -OCH3 is 1. The van der Waals surface area contributed by atoms with E-state index in [1.807, 2.05) is 0 Å². The monoisotopic (exact) mass is 281 g/mol. The summed E-state index contributed by atoms with van der Waals surface area (Å²) in [6.45, 7) is 0. The van der Waals surface area contributed by atoms with Crippen molar-refractivity contribution in [3.05, 3.63) is 29.3 Å². The van der Waals surface area contributed by atoms with Gasteiger partial charge in [-0.05, 0) is 49.7 Å². The molecule has 0 heterocycles. The maximum Gasteiger partial charge on any atom is 0.340 e. The summed E-state index contributed by atoms with van der Waals surface area (Å²) in [5, 5.41) is 3.13. The van der Waals surface area contributed by atoms with E-state index in [9.17, 15) is 13.6 Å². The third-order valence-electron chi connectivity index (χ3n) is 4.07. The Labute approximate surface area is 116 Å². The van der Waals surface area contributed by atoms with Gasteiger partial charge in [-0.3, -0.25) is 0 Å². The molecule has 2 fully saturated rings. The molecule has 0 aliphatic heterocycles. The summed E-state index contributed by atoms with van der Waals surface area (Å²) >= 11 is 0. The molecule has 20 heavy (non-hydrogen) atoms. The summed E-state index contributed by atoms with van der Waals surface area (Å²) in [6, 6.07) is 2.92. The standard InChI is InChI=1S/C15H17F2NO2/c1-20-15(19)10-6-7-11(13(17)12(10)16)18-14(8-2-3-8)9-4-5-9/h6-9,14,18H,2-5H2,1H3. The highest BCUT2D eigenvalue weighted by Crippen LogP contribution is 2.46. The topological polar surface area (TPSA) is 38.3 Å². The summed E-state index contributed by atoms with van der Waals surface area (Å²) in [5.74, 6) is -1.87. The van der Waals surface area contributed by atoms with Gasteiger partial charge in [0, 0.05) is 6.04 Å². The van der Waals surface area contributed by atoms with E-state index in [0.717, 1.165) is 32.8 Å². The highest BCUT2D eigenvalue weighted by molar-refractivity contribution is 5.90. The third-order valence-corrected chi connectivity index (χ3v) is 4.07. The normalized spacial score (nSPS) is 18.2. The van der Waals surface area contributed by atoms with Crippen LogP contribution in [-0.2, 0) is 4.74 Å². The Morgan fingerprint density at radius 2 is 1.80 bits per heavy atom. The highest BCUT2D eigenvalue weighted by Gasteiger charge is 2.41. The third kappa shape index (κ3) is 2.49. The van der Waals surface area contributed by atoms with Crippen LogP contribution in [0.2, 0.25) is 0 Å². The number of halogens is 2. The first kappa shape index (κ1) is 13.3. The van der Waals surface area contributed by atoms with Crippen LogP contribution >= 0.6 is 0 Å². The fraction of sp³-hybridized carbons (Fsp3) is 0.533. The van der Waals surface area contributed by atoms with Crippen LogP contribution in [0, 0.1) is 23.5 Å². The van der Waals surface area contributed by atoms with E-state index in [1.54, 1.807) is 0 Å². The van der Waals surface area contributed by atoms with E-state index in [0.29, 0.717) is 11.8 Å². The number of hydrogen-bond donors (Lipinski definition) is 1. The minimum Gasteiger partial charge on any atom is -0.465 e. The number of carbonyl (C=O) groups is 1. The van der Waals surface area contributed by atoms with Gasteiger partial charge in [-0.25, -0.2) is 13.6 Å². The average Bonchev–Trinajstić information content (AvgIpc) is 3.31. The molecule has 1 aromatic rings. The van der Waals surface area contributed by atoms with Crippen molar-refractivity contribution in [3.8, 4) is 0 Å². The van der Waals surface area contributed by atoms with Gasteiger partial charge >= 0.3 is 5.97 Å². The van der Waals surface area contributed by atoms with Gasteiger partial charge in [0.25, 0.3) is 0 Å². The SMILES string of the molecule is COC(=O)c1ccc(NC(C2CC2)C2CC2)c(F)c1F. The fourth-order valence-corrected chi connectivity index (χ4v) is 2.64. The van der Waals surface area contributed by atoms with Crippen molar-refractivity contribution in [2.45, 2.75) is 31.7 Å². The Balaban J connectivity index is 1.82. The lowest BCUT2D eigenvalue weighted by Gasteiger charge is -2.20. The molecule has 1 N–H and O–H groups in total. The summed E-state index contributed by atoms with van der Waals surface area (Å²) in [4.78, 5) is 11.3. The number of rotatable bonds is 5. The first-order chi connectivity index (χ1) is 9.61. The van der Waals surface area contributed by atoms with E-state index in [4.69, 9.17) is 0 Å². The molecule has 0 bridgehead atoms. The number of anilines is 1. The van der Waals surface area contributed by atoms with Gasteiger partial charge in [0.15, 0.2) is 11.6 Å². The number of benzene rings is 1. The molecule has 3 nitrogen and oxygen atoms in total. The van der Waals surface area contributed by atoms with E-state index < -0.39 is 17.6 Å². The lowest BCUT2D eigenvalue weighted by molar-refractivity contribution is 0.0594. The smallest absolute Gasteiger partial charge is 0.340 e. The summed E-state index contributed by atoms with van der Waals surface area (Å²) in [6.07, 6.45) is 4.61. The van der Waals surface area contributed by atoms with Crippen LogP contribution in [0.25, 0.3) is 0 Å². The molecule has 1 aromatic carbocycles. The van der Waals surface area contributed by atoms with Crippen LogP contribution < -0.4 is 5.32 Å². The molecular formula is C15H17F2NO2. The predicted molar refractivity (Wildman–Crippen MR) is 70.6 cm³/mol.